The standard InChI is InChI=1S/C19H21F4N5O/c1-10-6-11-2-3-12(13(11)7-14(10)20)15(24)8-17(29)27-4-5-28-16(9-27)25-26-18(28)19(21,22)23/h6-7,12,15H,2-5,8-9,24H2,1H3. The van der Waals surface area contributed by atoms with Gasteiger partial charge in [-0.05, 0) is 42.5 Å². The number of aryl methyl sites for hydroxylation is 2. The highest BCUT2D eigenvalue weighted by Gasteiger charge is 2.40. The molecule has 1 amide bonds. The molecule has 0 saturated heterocycles. The van der Waals surface area contributed by atoms with Crippen LogP contribution in [0.15, 0.2) is 12.1 Å². The van der Waals surface area contributed by atoms with Crippen molar-refractivity contribution in [3.63, 3.8) is 0 Å². The first-order valence-corrected chi connectivity index (χ1v) is 9.46. The zero-order chi connectivity index (χ0) is 20.9. The summed E-state index contributed by atoms with van der Waals surface area (Å²) in [7, 11) is 0. The van der Waals surface area contributed by atoms with E-state index in [4.69, 9.17) is 5.73 Å². The van der Waals surface area contributed by atoms with Crippen LogP contribution in [0.25, 0.3) is 0 Å². The molecule has 0 radical (unpaired) electrons. The van der Waals surface area contributed by atoms with E-state index in [-0.39, 0.29) is 49.5 Å². The number of carbonyl (C=O) groups excluding carboxylic acids is 1. The maximum Gasteiger partial charge on any atom is 0.451 e. The lowest BCUT2D eigenvalue weighted by Crippen LogP contribution is -2.42. The van der Waals surface area contributed by atoms with E-state index < -0.39 is 18.0 Å². The number of benzene rings is 1. The number of amides is 1. The summed E-state index contributed by atoms with van der Waals surface area (Å²) < 4.78 is 53.8. The largest absolute Gasteiger partial charge is 0.451 e. The Kier molecular flexibility index (Phi) is 4.84. The Hall–Kier alpha value is -2.49. The second kappa shape index (κ2) is 7.08. The number of halogens is 4. The van der Waals surface area contributed by atoms with Crippen LogP contribution in [0.4, 0.5) is 17.6 Å². The summed E-state index contributed by atoms with van der Waals surface area (Å²) in [5.41, 5.74) is 8.79. The van der Waals surface area contributed by atoms with Crippen LogP contribution in [0.5, 0.6) is 0 Å². The van der Waals surface area contributed by atoms with E-state index in [2.05, 4.69) is 10.2 Å². The molecule has 0 spiro atoms. The fraction of sp³-hybridized carbons (Fsp3) is 0.526. The monoisotopic (exact) mass is 411 g/mol. The van der Waals surface area contributed by atoms with Crippen LogP contribution in [0, 0.1) is 12.7 Å². The molecular weight excluding hydrogens is 390 g/mol. The maximum absolute atomic E-state index is 14.0. The highest BCUT2D eigenvalue weighted by molar-refractivity contribution is 5.77. The Morgan fingerprint density at radius 3 is 2.79 bits per heavy atom. The maximum atomic E-state index is 14.0. The van der Waals surface area contributed by atoms with Crippen LogP contribution in [0.3, 0.4) is 0 Å². The molecular formula is C19H21F4N5O. The van der Waals surface area contributed by atoms with Gasteiger partial charge in [-0.15, -0.1) is 10.2 Å². The predicted octanol–water partition coefficient (Wildman–Crippen LogP) is 2.53. The van der Waals surface area contributed by atoms with E-state index in [0.717, 1.165) is 28.5 Å². The molecule has 156 valence electrons. The van der Waals surface area contributed by atoms with Gasteiger partial charge in [-0.2, -0.15) is 13.2 Å². The van der Waals surface area contributed by atoms with Crippen molar-refractivity contribution in [2.24, 2.45) is 5.73 Å². The molecule has 0 bridgehead atoms. The molecule has 10 heteroatoms. The molecule has 2 heterocycles. The summed E-state index contributed by atoms with van der Waals surface area (Å²) in [6, 6.07) is 2.85. The summed E-state index contributed by atoms with van der Waals surface area (Å²) in [4.78, 5) is 14.2. The molecule has 0 fully saturated rings. The molecule has 6 nitrogen and oxygen atoms in total. The minimum absolute atomic E-state index is 0.0189. The summed E-state index contributed by atoms with van der Waals surface area (Å²) in [6.45, 7) is 1.79. The van der Waals surface area contributed by atoms with Gasteiger partial charge in [-0.3, -0.25) is 4.79 Å². The third-order valence-corrected chi connectivity index (χ3v) is 5.83. The van der Waals surface area contributed by atoms with Crippen molar-refractivity contribution in [2.75, 3.05) is 6.54 Å². The number of hydrogen-bond donors (Lipinski definition) is 1. The van der Waals surface area contributed by atoms with Gasteiger partial charge in [-0.1, -0.05) is 6.07 Å². The van der Waals surface area contributed by atoms with E-state index in [9.17, 15) is 22.4 Å². The van der Waals surface area contributed by atoms with Crippen LogP contribution >= 0.6 is 0 Å². The molecule has 1 aromatic carbocycles. The third kappa shape index (κ3) is 3.61. The smallest absolute Gasteiger partial charge is 0.333 e. The molecule has 2 N–H and O–H groups in total. The van der Waals surface area contributed by atoms with Crippen LogP contribution in [0.1, 0.15) is 47.1 Å². The van der Waals surface area contributed by atoms with Gasteiger partial charge in [0.2, 0.25) is 11.7 Å². The van der Waals surface area contributed by atoms with Crippen molar-refractivity contribution in [3.05, 3.63) is 46.3 Å². The Labute approximate surface area is 164 Å². The Morgan fingerprint density at radius 1 is 1.31 bits per heavy atom. The molecule has 2 unspecified atom stereocenters. The number of carbonyl (C=O) groups is 1. The summed E-state index contributed by atoms with van der Waals surface area (Å²) in [6.07, 6.45) is -3.00. The topological polar surface area (TPSA) is 77.0 Å². The summed E-state index contributed by atoms with van der Waals surface area (Å²) in [5.74, 6) is -1.59. The van der Waals surface area contributed by atoms with Gasteiger partial charge in [0.25, 0.3) is 0 Å². The van der Waals surface area contributed by atoms with Crippen molar-refractivity contribution < 1.29 is 22.4 Å². The highest BCUT2D eigenvalue weighted by atomic mass is 19.4. The second-order valence-electron chi connectivity index (χ2n) is 7.72. The minimum atomic E-state index is -4.58. The second-order valence-corrected chi connectivity index (χ2v) is 7.72. The molecule has 4 rings (SSSR count). The van der Waals surface area contributed by atoms with Crippen LogP contribution in [-0.2, 0) is 30.5 Å². The molecule has 2 aromatic rings. The number of nitrogens with two attached hydrogens (primary N) is 1. The summed E-state index contributed by atoms with van der Waals surface area (Å²) in [5, 5.41) is 6.80. The molecule has 1 aromatic heterocycles. The lowest BCUT2D eigenvalue weighted by Gasteiger charge is -2.30. The Balaban J connectivity index is 1.44. The third-order valence-electron chi connectivity index (χ3n) is 5.83. The van der Waals surface area contributed by atoms with Gasteiger partial charge in [-0.25, -0.2) is 4.39 Å². The van der Waals surface area contributed by atoms with E-state index in [1.807, 2.05) is 6.07 Å². The van der Waals surface area contributed by atoms with Crippen molar-refractivity contribution in [1.29, 1.82) is 0 Å². The first kappa shape index (κ1) is 19.8. The predicted molar refractivity (Wildman–Crippen MR) is 95.2 cm³/mol. The van der Waals surface area contributed by atoms with Crippen molar-refractivity contribution in [2.45, 2.75) is 57.4 Å². The number of fused-ring (bicyclic) bond motifs is 2. The zero-order valence-corrected chi connectivity index (χ0v) is 15.8. The zero-order valence-electron chi connectivity index (χ0n) is 15.8. The average molecular weight is 411 g/mol. The minimum Gasteiger partial charge on any atom is -0.333 e. The quantitative estimate of drug-likeness (QED) is 0.788. The lowest BCUT2D eigenvalue weighted by atomic mass is 9.90. The lowest BCUT2D eigenvalue weighted by molar-refractivity contribution is -0.148. The van der Waals surface area contributed by atoms with E-state index in [1.54, 1.807) is 6.92 Å². The SMILES string of the molecule is Cc1cc2c(cc1F)C(C(N)CC(=O)N1CCn3c(nnc3C(F)(F)F)C1)CC2. The van der Waals surface area contributed by atoms with Gasteiger partial charge < -0.3 is 15.2 Å². The Bertz CT molecular complexity index is 955. The molecule has 2 aliphatic rings. The van der Waals surface area contributed by atoms with Crippen LogP contribution in [-0.4, -0.2) is 38.2 Å². The molecule has 29 heavy (non-hydrogen) atoms. The van der Waals surface area contributed by atoms with E-state index in [0.29, 0.717) is 5.56 Å². The van der Waals surface area contributed by atoms with Crippen molar-refractivity contribution in [1.82, 2.24) is 19.7 Å². The van der Waals surface area contributed by atoms with Crippen molar-refractivity contribution >= 4 is 5.91 Å². The fourth-order valence-electron chi connectivity index (χ4n) is 4.28. The van der Waals surface area contributed by atoms with Gasteiger partial charge in [0.1, 0.15) is 5.82 Å². The first-order chi connectivity index (χ1) is 13.6. The van der Waals surface area contributed by atoms with Gasteiger partial charge in [0.05, 0.1) is 6.54 Å². The summed E-state index contributed by atoms with van der Waals surface area (Å²) >= 11 is 0. The molecule has 0 saturated carbocycles. The average Bonchev–Trinajstić information content (AvgIpc) is 3.25. The van der Waals surface area contributed by atoms with E-state index >= 15 is 0 Å². The number of nitrogens with zero attached hydrogens (tertiary/aromatic N) is 4. The number of hydrogen-bond acceptors (Lipinski definition) is 4. The number of aromatic nitrogens is 3. The highest BCUT2D eigenvalue weighted by Crippen LogP contribution is 2.37. The normalized spacial score (nSPS) is 19.8. The molecule has 2 atom stereocenters. The van der Waals surface area contributed by atoms with E-state index in [1.165, 1.54) is 11.0 Å². The van der Waals surface area contributed by atoms with Gasteiger partial charge in [0.15, 0.2) is 5.82 Å². The number of rotatable bonds is 3. The molecule has 1 aliphatic carbocycles. The van der Waals surface area contributed by atoms with Gasteiger partial charge >= 0.3 is 6.18 Å². The Morgan fingerprint density at radius 2 is 2.07 bits per heavy atom. The number of alkyl halides is 3. The van der Waals surface area contributed by atoms with Crippen LogP contribution < -0.4 is 5.73 Å². The fourth-order valence-corrected chi connectivity index (χ4v) is 4.28. The van der Waals surface area contributed by atoms with Crippen molar-refractivity contribution in [3.8, 4) is 0 Å². The van der Waals surface area contributed by atoms with Crippen LogP contribution in [0.2, 0.25) is 0 Å². The van der Waals surface area contributed by atoms with Gasteiger partial charge in [0, 0.05) is 31.5 Å². The first-order valence-electron chi connectivity index (χ1n) is 9.46. The molecule has 1 aliphatic heterocycles.